The molecule has 0 bridgehead atoms. The maximum atomic E-state index is 9.71. The molecule has 1 aromatic rings. The predicted octanol–water partition coefficient (Wildman–Crippen LogP) is 2.50. The van der Waals surface area contributed by atoms with Crippen molar-refractivity contribution in [1.82, 2.24) is 4.90 Å². The Morgan fingerprint density at radius 3 is 2.45 bits per heavy atom. The van der Waals surface area contributed by atoms with E-state index in [0.717, 1.165) is 32.4 Å². The van der Waals surface area contributed by atoms with E-state index in [9.17, 15) is 5.11 Å². The molecule has 3 N–H and O–H groups in total. The first-order valence-electron chi connectivity index (χ1n) is 7.33. The molecular weight excluding hydrogens is 268 g/mol. The van der Waals surface area contributed by atoms with Gasteiger partial charge < -0.3 is 10.8 Å². The Labute approximate surface area is 126 Å². The molecule has 1 aromatic carbocycles. The van der Waals surface area contributed by atoms with Gasteiger partial charge in [0.25, 0.3) is 0 Å². The molecule has 1 saturated heterocycles. The van der Waals surface area contributed by atoms with Crippen LogP contribution in [0.15, 0.2) is 30.3 Å². The second-order valence-corrected chi connectivity index (χ2v) is 6.24. The second-order valence-electron chi connectivity index (χ2n) is 5.71. The van der Waals surface area contributed by atoms with E-state index >= 15 is 0 Å². The molecule has 0 saturated carbocycles. The summed E-state index contributed by atoms with van der Waals surface area (Å²) in [5.74, 6) is 0.424. The number of nitrogens with two attached hydrogens (primary N) is 1. The first-order chi connectivity index (χ1) is 9.58. The number of benzene rings is 1. The van der Waals surface area contributed by atoms with E-state index < -0.39 is 0 Å². The molecule has 0 radical (unpaired) electrons. The van der Waals surface area contributed by atoms with Crippen molar-refractivity contribution in [2.75, 3.05) is 13.1 Å². The third kappa shape index (κ3) is 4.01. The van der Waals surface area contributed by atoms with Crippen molar-refractivity contribution in [3.05, 3.63) is 35.9 Å². The fourth-order valence-corrected chi connectivity index (χ4v) is 3.19. The van der Waals surface area contributed by atoms with Crippen molar-refractivity contribution in [1.29, 1.82) is 0 Å². The van der Waals surface area contributed by atoms with Gasteiger partial charge in [-0.1, -0.05) is 42.5 Å². The molecule has 0 aromatic heterocycles. The van der Waals surface area contributed by atoms with Gasteiger partial charge in [0, 0.05) is 12.5 Å². The van der Waals surface area contributed by atoms with E-state index in [2.05, 4.69) is 29.2 Å². The number of rotatable bonds is 5. The highest BCUT2D eigenvalue weighted by Gasteiger charge is 2.28. The van der Waals surface area contributed by atoms with Gasteiger partial charge in [-0.3, -0.25) is 4.90 Å². The van der Waals surface area contributed by atoms with Gasteiger partial charge in [0.1, 0.15) is 0 Å². The highest BCUT2D eigenvalue weighted by molar-refractivity contribution is 7.80. The maximum absolute atomic E-state index is 9.71. The molecule has 110 valence electrons. The summed E-state index contributed by atoms with van der Waals surface area (Å²) in [5.41, 5.74) is 7.05. The summed E-state index contributed by atoms with van der Waals surface area (Å²) in [4.78, 5) is 3.02. The van der Waals surface area contributed by atoms with E-state index in [-0.39, 0.29) is 12.1 Å². The fourth-order valence-electron chi connectivity index (χ4n) is 3.04. The normalized spacial score (nSPS) is 20.5. The molecule has 1 fully saturated rings. The van der Waals surface area contributed by atoms with Crippen molar-refractivity contribution < 1.29 is 5.11 Å². The van der Waals surface area contributed by atoms with Gasteiger partial charge in [0.2, 0.25) is 0 Å². The summed E-state index contributed by atoms with van der Waals surface area (Å²) >= 11 is 5.12. The standard InChI is InChI=1S/C16H24N2OS/c1-12(19)13-7-9-18(10-8-13)15(11-16(17)20)14-5-3-2-4-6-14/h2-6,12-13,15,19H,7-11H2,1H3,(H2,17,20). The number of aliphatic hydroxyl groups excluding tert-OH is 1. The Kier molecular flexibility index (Phi) is 5.52. The number of hydrogen-bond acceptors (Lipinski definition) is 3. The Morgan fingerprint density at radius 2 is 1.95 bits per heavy atom. The molecule has 0 spiro atoms. The monoisotopic (exact) mass is 292 g/mol. The zero-order valence-corrected chi connectivity index (χ0v) is 12.9. The summed E-state index contributed by atoms with van der Waals surface area (Å²) in [5, 5.41) is 9.71. The predicted molar refractivity (Wildman–Crippen MR) is 86.6 cm³/mol. The maximum Gasteiger partial charge on any atom is 0.0746 e. The Bertz CT molecular complexity index is 427. The van der Waals surface area contributed by atoms with E-state index in [1.807, 2.05) is 13.0 Å². The molecule has 2 atom stereocenters. The van der Waals surface area contributed by atoms with Gasteiger partial charge in [0.05, 0.1) is 11.1 Å². The number of hydrogen-bond donors (Lipinski definition) is 2. The largest absolute Gasteiger partial charge is 0.393 e. The molecular formula is C16H24N2OS. The van der Waals surface area contributed by atoms with Crippen LogP contribution in [-0.4, -0.2) is 34.2 Å². The molecule has 3 nitrogen and oxygen atoms in total. The van der Waals surface area contributed by atoms with Crippen LogP contribution < -0.4 is 5.73 Å². The van der Waals surface area contributed by atoms with Crippen LogP contribution >= 0.6 is 12.2 Å². The van der Waals surface area contributed by atoms with Gasteiger partial charge in [-0.25, -0.2) is 0 Å². The average Bonchev–Trinajstić information content (AvgIpc) is 2.45. The van der Waals surface area contributed by atoms with Crippen LogP contribution in [0.4, 0.5) is 0 Å². The number of aliphatic hydroxyl groups is 1. The van der Waals surface area contributed by atoms with Crippen LogP contribution in [0.25, 0.3) is 0 Å². The number of likely N-dealkylation sites (tertiary alicyclic amines) is 1. The van der Waals surface area contributed by atoms with Crippen LogP contribution in [0.1, 0.15) is 37.8 Å². The molecule has 2 unspecified atom stereocenters. The molecule has 4 heteroatoms. The van der Waals surface area contributed by atoms with Crippen LogP contribution in [-0.2, 0) is 0 Å². The van der Waals surface area contributed by atoms with Gasteiger partial charge in [-0.05, 0) is 44.3 Å². The minimum Gasteiger partial charge on any atom is -0.393 e. The topological polar surface area (TPSA) is 49.5 Å². The first-order valence-corrected chi connectivity index (χ1v) is 7.74. The fraction of sp³-hybridized carbons (Fsp3) is 0.562. The highest BCUT2D eigenvalue weighted by Crippen LogP contribution is 2.30. The van der Waals surface area contributed by atoms with Gasteiger partial charge in [-0.15, -0.1) is 0 Å². The Balaban J connectivity index is 2.07. The van der Waals surface area contributed by atoms with Crippen molar-refractivity contribution in [2.24, 2.45) is 11.7 Å². The summed E-state index contributed by atoms with van der Waals surface area (Å²) in [7, 11) is 0. The van der Waals surface area contributed by atoms with Crippen LogP contribution in [0.2, 0.25) is 0 Å². The number of piperidine rings is 1. The zero-order chi connectivity index (χ0) is 14.5. The Morgan fingerprint density at radius 1 is 1.35 bits per heavy atom. The summed E-state index contributed by atoms with van der Waals surface area (Å²) in [6.45, 7) is 3.89. The SMILES string of the molecule is CC(O)C1CCN(C(CC(N)=S)c2ccccc2)CC1. The van der Waals surface area contributed by atoms with Crippen molar-refractivity contribution in [3.63, 3.8) is 0 Å². The Hall–Kier alpha value is -0.970. The molecule has 0 aliphatic carbocycles. The van der Waals surface area contributed by atoms with Crippen LogP contribution in [0.5, 0.6) is 0 Å². The summed E-state index contributed by atoms with van der Waals surface area (Å²) < 4.78 is 0. The van der Waals surface area contributed by atoms with Crippen molar-refractivity contribution >= 4 is 17.2 Å². The molecule has 1 aliphatic rings. The van der Waals surface area contributed by atoms with Crippen molar-refractivity contribution in [3.8, 4) is 0 Å². The van der Waals surface area contributed by atoms with Gasteiger partial charge in [-0.2, -0.15) is 0 Å². The van der Waals surface area contributed by atoms with Crippen molar-refractivity contribution in [2.45, 2.75) is 38.3 Å². The van der Waals surface area contributed by atoms with Crippen LogP contribution in [0, 0.1) is 5.92 Å². The van der Waals surface area contributed by atoms with E-state index in [1.54, 1.807) is 0 Å². The van der Waals surface area contributed by atoms with Gasteiger partial charge >= 0.3 is 0 Å². The summed E-state index contributed by atoms with van der Waals surface area (Å²) in [6, 6.07) is 10.7. The third-order valence-electron chi connectivity index (χ3n) is 4.28. The molecule has 1 heterocycles. The van der Waals surface area contributed by atoms with E-state index in [4.69, 9.17) is 18.0 Å². The molecule has 0 amide bonds. The minimum atomic E-state index is -0.206. The molecule has 20 heavy (non-hydrogen) atoms. The van der Waals surface area contributed by atoms with Gasteiger partial charge in [0.15, 0.2) is 0 Å². The van der Waals surface area contributed by atoms with Crippen LogP contribution in [0.3, 0.4) is 0 Å². The lowest BCUT2D eigenvalue weighted by molar-refractivity contribution is 0.0566. The third-order valence-corrected chi connectivity index (χ3v) is 4.44. The lowest BCUT2D eigenvalue weighted by Crippen LogP contribution is -2.40. The number of nitrogens with zero attached hydrogens (tertiary/aromatic N) is 1. The summed E-state index contributed by atoms with van der Waals surface area (Å²) in [6.07, 6.45) is 2.60. The number of thiocarbonyl (C=S) groups is 1. The zero-order valence-electron chi connectivity index (χ0n) is 12.0. The highest BCUT2D eigenvalue weighted by atomic mass is 32.1. The second kappa shape index (κ2) is 7.16. The quantitative estimate of drug-likeness (QED) is 0.819. The first kappa shape index (κ1) is 15.4. The lowest BCUT2D eigenvalue weighted by Gasteiger charge is -2.38. The smallest absolute Gasteiger partial charge is 0.0746 e. The minimum absolute atomic E-state index is 0.206. The molecule has 2 rings (SSSR count). The lowest BCUT2D eigenvalue weighted by atomic mass is 9.90. The van der Waals surface area contributed by atoms with E-state index in [0.29, 0.717) is 10.9 Å². The molecule has 1 aliphatic heterocycles. The average molecular weight is 292 g/mol. The van der Waals surface area contributed by atoms with E-state index in [1.165, 1.54) is 5.56 Å².